The summed E-state index contributed by atoms with van der Waals surface area (Å²) in [5.41, 5.74) is 5.68. The monoisotopic (exact) mass is 393 g/mol. The molecule has 0 aliphatic carbocycles. The summed E-state index contributed by atoms with van der Waals surface area (Å²) in [6.45, 7) is 12.0. The van der Waals surface area contributed by atoms with Crippen molar-refractivity contribution in [2.75, 3.05) is 42.9 Å². The van der Waals surface area contributed by atoms with Gasteiger partial charge in [-0.05, 0) is 61.2 Å². The fourth-order valence-electron chi connectivity index (χ4n) is 3.89. The molecule has 0 atom stereocenters. The molecule has 2 aromatic rings. The van der Waals surface area contributed by atoms with Gasteiger partial charge in [0.25, 0.3) is 0 Å². The van der Waals surface area contributed by atoms with Crippen LogP contribution in [0.15, 0.2) is 42.5 Å². The van der Waals surface area contributed by atoms with Crippen LogP contribution < -0.4 is 10.2 Å². The highest BCUT2D eigenvalue weighted by Crippen LogP contribution is 2.24. The minimum atomic E-state index is 0.0405. The molecule has 4 heteroatoms. The predicted molar refractivity (Wildman–Crippen MR) is 123 cm³/mol. The maximum absolute atomic E-state index is 12.5. The number of hydrogen-bond donors (Lipinski definition) is 1. The molecule has 0 bridgehead atoms. The van der Waals surface area contributed by atoms with E-state index in [1.54, 1.807) is 0 Å². The van der Waals surface area contributed by atoms with Gasteiger partial charge >= 0.3 is 0 Å². The summed E-state index contributed by atoms with van der Waals surface area (Å²) in [5, 5.41) is 3.09. The number of anilines is 2. The fourth-order valence-corrected chi connectivity index (χ4v) is 3.89. The predicted octanol–water partition coefficient (Wildman–Crippen LogP) is 4.66. The third-order valence-corrected chi connectivity index (χ3v) is 5.88. The Kier molecular flexibility index (Phi) is 7.70. The third kappa shape index (κ3) is 6.07. The molecule has 1 fully saturated rings. The van der Waals surface area contributed by atoms with Crippen molar-refractivity contribution in [3.63, 3.8) is 0 Å². The second-order valence-corrected chi connectivity index (χ2v) is 8.07. The fraction of sp³-hybridized carbons (Fsp3) is 0.480. The Bertz CT molecular complexity index is 792. The largest absolute Gasteiger partial charge is 0.369 e. The normalized spacial score (nSPS) is 14.8. The minimum Gasteiger partial charge on any atom is -0.369 e. The quantitative estimate of drug-likeness (QED) is 0.708. The Morgan fingerprint density at radius 3 is 2.28 bits per heavy atom. The summed E-state index contributed by atoms with van der Waals surface area (Å²) in [7, 11) is 0. The SMILES string of the molecule is CCCCc1ccc(CC(=O)Nc2ccc(N3CCN(CC)CC3)cc2C)cc1. The van der Waals surface area contributed by atoms with Crippen molar-refractivity contribution >= 4 is 17.3 Å². The molecule has 0 aromatic heterocycles. The Hall–Kier alpha value is -2.33. The van der Waals surface area contributed by atoms with E-state index in [2.05, 4.69) is 72.3 Å². The zero-order valence-corrected chi connectivity index (χ0v) is 18.2. The molecule has 0 unspecified atom stereocenters. The molecule has 3 rings (SSSR count). The maximum Gasteiger partial charge on any atom is 0.228 e. The van der Waals surface area contributed by atoms with Crippen LogP contribution in [-0.4, -0.2) is 43.5 Å². The van der Waals surface area contributed by atoms with Crippen molar-refractivity contribution < 1.29 is 4.79 Å². The number of likely N-dealkylation sites (N-methyl/N-ethyl adjacent to an activating group) is 1. The van der Waals surface area contributed by atoms with Gasteiger partial charge in [-0.25, -0.2) is 0 Å². The Morgan fingerprint density at radius 1 is 0.966 bits per heavy atom. The number of rotatable bonds is 8. The van der Waals surface area contributed by atoms with Crippen LogP contribution in [0.3, 0.4) is 0 Å². The van der Waals surface area contributed by atoms with Gasteiger partial charge in [0.1, 0.15) is 0 Å². The van der Waals surface area contributed by atoms with Crippen molar-refractivity contribution in [2.24, 2.45) is 0 Å². The topological polar surface area (TPSA) is 35.6 Å². The highest BCUT2D eigenvalue weighted by Gasteiger charge is 2.16. The zero-order valence-electron chi connectivity index (χ0n) is 18.2. The molecule has 156 valence electrons. The Balaban J connectivity index is 1.55. The van der Waals surface area contributed by atoms with E-state index in [1.807, 2.05) is 6.07 Å². The van der Waals surface area contributed by atoms with Crippen LogP contribution in [0.2, 0.25) is 0 Å². The van der Waals surface area contributed by atoms with E-state index < -0.39 is 0 Å². The molecule has 2 aromatic carbocycles. The van der Waals surface area contributed by atoms with Gasteiger partial charge in [-0.2, -0.15) is 0 Å². The molecule has 1 amide bonds. The van der Waals surface area contributed by atoms with Crippen molar-refractivity contribution in [3.05, 3.63) is 59.2 Å². The van der Waals surface area contributed by atoms with Gasteiger partial charge < -0.3 is 15.1 Å². The summed E-state index contributed by atoms with van der Waals surface area (Å²) >= 11 is 0. The molecule has 1 aliphatic rings. The lowest BCUT2D eigenvalue weighted by molar-refractivity contribution is -0.115. The van der Waals surface area contributed by atoms with Gasteiger partial charge in [-0.15, -0.1) is 0 Å². The number of carbonyl (C=O) groups excluding carboxylic acids is 1. The van der Waals surface area contributed by atoms with Crippen molar-refractivity contribution in [1.29, 1.82) is 0 Å². The number of carbonyl (C=O) groups is 1. The van der Waals surface area contributed by atoms with Crippen LogP contribution in [0.1, 0.15) is 43.4 Å². The lowest BCUT2D eigenvalue weighted by atomic mass is 10.0. The highest BCUT2D eigenvalue weighted by atomic mass is 16.1. The maximum atomic E-state index is 12.5. The van der Waals surface area contributed by atoms with Crippen LogP contribution in [0.25, 0.3) is 0 Å². The van der Waals surface area contributed by atoms with E-state index in [9.17, 15) is 4.79 Å². The van der Waals surface area contributed by atoms with Crippen molar-refractivity contribution in [1.82, 2.24) is 4.90 Å². The van der Waals surface area contributed by atoms with Gasteiger partial charge in [0.2, 0.25) is 5.91 Å². The number of nitrogens with one attached hydrogen (secondary N) is 1. The van der Waals surface area contributed by atoms with Gasteiger partial charge in [0.15, 0.2) is 0 Å². The first-order valence-corrected chi connectivity index (χ1v) is 11.0. The number of hydrogen-bond acceptors (Lipinski definition) is 3. The summed E-state index contributed by atoms with van der Waals surface area (Å²) in [6.07, 6.45) is 3.94. The number of unbranched alkanes of at least 4 members (excludes halogenated alkanes) is 1. The second-order valence-electron chi connectivity index (χ2n) is 8.07. The van der Waals surface area contributed by atoms with Crippen LogP contribution in [0.5, 0.6) is 0 Å². The molecule has 0 saturated carbocycles. The summed E-state index contributed by atoms with van der Waals surface area (Å²) in [5.74, 6) is 0.0405. The second kappa shape index (κ2) is 10.4. The van der Waals surface area contributed by atoms with Gasteiger partial charge in [-0.3, -0.25) is 4.79 Å². The summed E-state index contributed by atoms with van der Waals surface area (Å²) < 4.78 is 0. The first kappa shape index (κ1) is 21.4. The molecule has 1 aliphatic heterocycles. The van der Waals surface area contributed by atoms with Gasteiger partial charge in [0.05, 0.1) is 6.42 Å². The highest BCUT2D eigenvalue weighted by molar-refractivity contribution is 5.93. The molecule has 0 spiro atoms. The number of piperazine rings is 1. The number of nitrogens with zero attached hydrogens (tertiary/aromatic N) is 2. The van der Waals surface area contributed by atoms with E-state index in [1.165, 1.54) is 24.1 Å². The molecule has 4 nitrogen and oxygen atoms in total. The van der Waals surface area contributed by atoms with Crippen molar-refractivity contribution in [3.8, 4) is 0 Å². The first-order chi connectivity index (χ1) is 14.1. The zero-order chi connectivity index (χ0) is 20.6. The average molecular weight is 394 g/mol. The Morgan fingerprint density at radius 2 is 1.66 bits per heavy atom. The molecule has 0 radical (unpaired) electrons. The van der Waals surface area contributed by atoms with Crippen molar-refractivity contribution in [2.45, 2.75) is 46.5 Å². The van der Waals surface area contributed by atoms with Gasteiger partial charge in [0, 0.05) is 37.6 Å². The van der Waals surface area contributed by atoms with E-state index in [0.29, 0.717) is 6.42 Å². The number of aryl methyl sites for hydroxylation is 2. The molecular weight excluding hydrogens is 358 g/mol. The van der Waals surface area contributed by atoms with E-state index in [0.717, 1.165) is 56.0 Å². The molecule has 1 N–H and O–H groups in total. The van der Waals surface area contributed by atoms with Crippen LogP contribution in [-0.2, 0) is 17.6 Å². The third-order valence-electron chi connectivity index (χ3n) is 5.88. The first-order valence-electron chi connectivity index (χ1n) is 11.0. The Labute approximate surface area is 175 Å². The van der Waals surface area contributed by atoms with Crippen LogP contribution >= 0.6 is 0 Å². The van der Waals surface area contributed by atoms with E-state index >= 15 is 0 Å². The van der Waals surface area contributed by atoms with Gasteiger partial charge in [-0.1, -0.05) is 44.5 Å². The average Bonchev–Trinajstić information content (AvgIpc) is 2.75. The number of amides is 1. The summed E-state index contributed by atoms with van der Waals surface area (Å²) in [6, 6.07) is 14.8. The van der Waals surface area contributed by atoms with E-state index in [-0.39, 0.29) is 5.91 Å². The minimum absolute atomic E-state index is 0.0405. The van der Waals surface area contributed by atoms with Crippen LogP contribution in [0, 0.1) is 6.92 Å². The summed E-state index contributed by atoms with van der Waals surface area (Å²) in [4.78, 5) is 17.4. The van der Waals surface area contributed by atoms with E-state index in [4.69, 9.17) is 0 Å². The molecular formula is C25H35N3O. The molecule has 1 saturated heterocycles. The lowest BCUT2D eigenvalue weighted by Gasteiger charge is -2.35. The number of benzene rings is 2. The smallest absolute Gasteiger partial charge is 0.228 e. The molecule has 29 heavy (non-hydrogen) atoms. The lowest BCUT2D eigenvalue weighted by Crippen LogP contribution is -2.46. The standard InChI is InChI=1S/C25H35N3O/c1-4-6-7-21-8-10-22(11-9-21)19-25(29)26-24-13-12-23(18-20(24)3)28-16-14-27(5-2)15-17-28/h8-13,18H,4-7,14-17,19H2,1-3H3,(H,26,29). The van der Waals surface area contributed by atoms with Crippen LogP contribution in [0.4, 0.5) is 11.4 Å². The molecule has 1 heterocycles.